The molecule has 3 fully saturated rings. The molecular weight excluding hydrogens is 436 g/mol. The summed E-state index contributed by atoms with van der Waals surface area (Å²) in [7, 11) is 0. The summed E-state index contributed by atoms with van der Waals surface area (Å²) in [6.45, 7) is 3.18. The van der Waals surface area contributed by atoms with E-state index >= 15 is 0 Å². The average molecular weight is 459 g/mol. The van der Waals surface area contributed by atoms with Gasteiger partial charge in [-0.1, -0.05) is 6.92 Å². The van der Waals surface area contributed by atoms with E-state index in [1.807, 2.05) is 18.2 Å². The average Bonchev–Trinajstić information content (AvgIpc) is 3.17. The lowest BCUT2D eigenvalue weighted by atomic mass is 10.1. The lowest BCUT2D eigenvalue weighted by Crippen LogP contribution is -2.47. The first-order chi connectivity index (χ1) is 15.8. The first-order valence-electron chi connectivity index (χ1n) is 11.0. The quantitative estimate of drug-likeness (QED) is 0.752. The number of halogens is 2. The maximum absolute atomic E-state index is 13.4. The van der Waals surface area contributed by atoms with Gasteiger partial charge in [0.25, 0.3) is 6.43 Å². The van der Waals surface area contributed by atoms with E-state index in [1.54, 1.807) is 10.8 Å². The molecule has 0 radical (unpaired) electrons. The van der Waals surface area contributed by atoms with Gasteiger partial charge in [0.05, 0.1) is 12.1 Å². The number of carbonyl (C=O) groups is 2. The van der Waals surface area contributed by atoms with E-state index in [4.69, 9.17) is 15.2 Å². The van der Waals surface area contributed by atoms with Crippen LogP contribution in [-0.2, 0) is 16.1 Å². The van der Waals surface area contributed by atoms with E-state index in [-0.39, 0.29) is 30.2 Å². The van der Waals surface area contributed by atoms with Crippen LogP contribution in [-0.4, -0.2) is 59.3 Å². The van der Waals surface area contributed by atoms with E-state index < -0.39 is 24.1 Å². The van der Waals surface area contributed by atoms with Crippen molar-refractivity contribution >= 4 is 23.5 Å². The minimum atomic E-state index is -2.75. The Kier molecular flexibility index (Phi) is 4.18. The zero-order valence-electron chi connectivity index (χ0n) is 17.9. The molecule has 6 rings (SSSR count). The van der Waals surface area contributed by atoms with E-state index in [0.717, 1.165) is 23.6 Å². The van der Waals surface area contributed by atoms with E-state index in [2.05, 4.69) is 16.8 Å². The number of hydrogen-bond acceptors (Lipinski definition) is 6. The number of anilines is 2. The van der Waals surface area contributed by atoms with Crippen molar-refractivity contribution in [3.8, 4) is 17.1 Å². The predicted octanol–water partition coefficient (Wildman–Crippen LogP) is 2.23. The van der Waals surface area contributed by atoms with Crippen molar-refractivity contribution in [3.05, 3.63) is 24.4 Å². The molecular formula is C22H23F2N5O4. The summed E-state index contributed by atoms with van der Waals surface area (Å²) in [5.74, 6) is 1.37. The molecule has 4 aliphatic rings. The number of aromatic nitrogens is 2. The van der Waals surface area contributed by atoms with Gasteiger partial charge in [-0.05, 0) is 30.4 Å². The van der Waals surface area contributed by atoms with Crippen molar-refractivity contribution in [1.82, 2.24) is 9.55 Å². The monoisotopic (exact) mass is 459 g/mol. The third kappa shape index (κ3) is 2.64. The van der Waals surface area contributed by atoms with Crippen LogP contribution < -0.4 is 20.3 Å². The molecule has 9 nitrogen and oxygen atoms in total. The number of ether oxygens (including phenoxy) is 2. The predicted molar refractivity (Wildman–Crippen MR) is 113 cm³/mol. The van der Waals surface area contributed by atoms with Gasteiger partial charge in [-0.2, -0.15) is 0 Å². The molecule has 33 heavy (non-hydrogen) atoms. The molecule has 4 atom stereocenters. The zero-order chi connectivity index (χ0) is 23.1. The van der Waals surface area contributed by atoms with Crippen LogP contribution in [0.1, 0.15) is 13.3 Å². The van der Waals surface area contributed by atoms with Crippen molar-refractivity contribution in [2.75, 3.05) is 29.6 Å². The fourth-order valence-electron chi connectivity index (χ4n) is 5.91. The SMILES string of the molecule is C[C@H]1C2CCN(c3ccc4c(c3)OCCn3cc(N5C(=O)OCC5C(F)F)nc3-4)[C@]21C(N)=O. The van der Waals surface area contributed by atoms with Crippen LogP contribution in [0, 0.1) is 11.8 Å². The van der Waals surface area contributed by atoms with Crippen LogP contribution in [0.2, 0.25) is 0 Å². The van der Waals surface area contributed by atoms with Crippen LogP contribution >= 0.6 is 0 Å². The molecule has 0 spiro atoms. The number of carbonyl (C=O) groups excluding carboxylic acids is 2. The molecule has 174 valence electrons. The van der Waals surface area contributed by atoms with Gasteiger partial charge >= 0.3 is 6.09 Å². The lowest BCUT2D eigenvalue weighted by molar-refractivity contribution is -0.120. The summed E-state index contributed by atoms with van der Waals surface area (Å²) < 4.78 is 39.4. The number of fused-ring (bicyclic) bond motifs is 4. The van der Waals surface area contributed by atoms with Gasteiger partial charge in [0, 0.05) is 24.5 Å². The van der Waals surface area contributed by atoms with Gasteiger partial charge in [-0.25, -0.2) is 23.5 Å². The molecule has 2 aromatic rings. The van der Waals surface area contributed by atoms with Crippen molar-refractivity contribution < 1.29 is 27.8 Å². The Hall–Kier alpha value is -3.37. The van der Waals surface area contributed by atoms with Crippen LogP contribution in [0.5, 0.6) is 5.75 Å². The standard InChI is InChI=1S/C22H23F2N5O4/c1-11-14-4-5-28(22(11,14)20(25)30)12-2-3-13-16(8-12)32-7-6-27-9-17(26-19(13)27)29-15(18(23)24)10-33-21(29)31/h2-3,8-9,11,14-15,18H,4-7,10H2,1H3,(H2,25,30)/t11-,14?,15?,22-/m0/s1. The molecule has 1 aromatic carbocycles. The molecule has 3 aliphatic heterocycles. The summed E-state index contributed by atoms with van der Waals surface area (Å²) in [4.78, 5) is 31.9. The van der Waals surface area contributed by atoms with E-state index in [0.29, 0.717) is 30.3 Å². The Morgan fingerprint density at radius 3 is 2.85 bits per heavy atom. The van der Waals surface area contributed by atoms with Gasteiger partial charge in [0.15, 0.2) is 5.82 Å². The summed E-state index contributed by atoms with van der Waals surface area (Å²) >= 11 is 0. The topological polar surface area (TPSA) is 103 Å². The summed E-state index contributed by atoms with van der Waals surface area (Å²) in [6.07, 6.45) is -1.10. The highest BCUT2D eigenvalue weighted by molar-refractivity contribution is 5.95. The molecule has 4 heterocycles. The van der Waals surface area contributed by atoms with Crippen molar-refractivity contribution in [1.29, 1.82) is 0 Å². The van der Waals surface area contributed by atoms with Gasteiger partial charge in [0.1, 0.15) is 36.4 Å². The molecule has 0 bridgehead atoms. The molecule has 2 amide bonds. The minimum absolute atomic E-state index is 0.122. The van der Waals surface area contributed by atoms with Crippen molar-refractivity contribution in [2.24, 2.45) is 17.6 Å². The summed E-state index contributed by atoms with van der Waals surface area (Å²) in [5.41, 5.74) is 6.68. The third-order valence-corrected chi connectivity index (χ3v) is 7.57. The Labute approximate surface area is 188 Å². The molecule has 1 aliphatic carbocycles. The second kappa shape index (κ2) is 6.82. The Morgan fingerprint density at radius 2 is 2.12 bits per heavy atom. The van der Waals surface area contributed by atoms with E-state index in [9.17, 15) is 18.4 Å². The third-order valence-electron chi connectivity index (χ3n) is 7.57. The molecule has 1 aromatic heterocycles. The number of benzene rings is 1. The van der Waals surface area contributed by atoms with Crippen molar-refractivity contribution in [2.45, 2.75) is 37.9 Å². The summed E-state index contributed by atoms with van der Waals surface area (Å²) in [5, 5.41) is 0. The molecule has 11 heteroatoms. The van der Waals surface area contributed by atoms with Crippen LogP contribution in [0.3, 0.4) is 0 Å². The van der Waals surface area contributed by atoms with Crippen LogP contribution in [0.4, 0.5) is 25.1 Å². The largest absolute Gasteiger partial charge is 0.491 e. The number of imidazole rings is 1. The number of cyclic esters (lactones) is 1. The zero-order valence-corrected chi connectivity index (χ0v) is 17.9. The normalized spacial score (nSPS) is 29.8. The first-order valence-corrected chi connectivity index (χ1v) is 11.0. The fraction of sp³-hybridized carbons (Fsp3) is 0.500. The molecule has 2 N–H and O–H groups in total. The summed E-state index contributed by atoms with van der Waals surface area (Å²) in [6, 6.07) is 4.25. The number of piperidine rings is 1. The van der Waals surface area contributed by atoms with Gasteiger partial charge in [0.2, 0.25) is 5.91 Å². The van der Waals surface area contributed by atoms with E-state index in [1.165, 1.54) is 0 Å². The highest BCUT2D eigenvalue weighted by Crippen LogP contribution is 2.61. The molecule has 2 saturated heterocycles. The number of nitrogens with two attached hydrogens (primary N) is 1. The number of nitrogens with zero attached hydrogens (tertiary/aromatic N) is 4. The Bertz CT molecular complexity index is 1170. The lowest BCUT2D eigenvalue weighted by Gasteiger charge is -2.30. The van der Waals surface area contributed by atoms with Crippen LogP contribution in [0.25, 0.3) is 11.4 Å². The van der Waals surface area contributed by atoms with Crippen LogP contribution in [0.15, 0.2) is 24.4 Å². The Morgan fingerprint density at radius 1 is 1.30 bits per heavy atom. The maximum Gasteiger partial charge on any atom is 0.416 e. The molecule has 1 saturated carbocycles. The number of amides is 2. The number of primary amides is 1. The number of hydrogen-bond donors (Lipinski definition) is 1. The van der Waals surface area contributed by atoms with Gasteiger partial charge in [-0.15, -0.1) is 0 Å². The Balaban J connectivity index is 1.37. The maximum atomic E-state index is 13.4. The number of rotatable bonds is 4. The van der Waals surface area contributed by atoms with Gasteiger partial charge < -0.3 is 24.7 Å². The highest BCUT2D eigenvalue weighted by Gasteiger charge is 2.72. The second-order valence-electron chi connectivity index (χ2n) is 9.02. The fourth-order valence-corrected chi connectivity index (χ4v) is 5.91. The first kappa shape index (κ1) is 20.3. The van der Waals surface area contributed by atoms with Gasteiger partial charge in [-0.3, -0.25) is 4.79 Å². The van der Waals surface area contributed by atoms with Crippen molar-refractivity contribution in [3.63, 3.8) is 0 Å². The minimum Gasteiger partial charge on any atom is -0.491 e. The second-order valence-corrected chi connectivity index (χ2v) is 9.02. The molecule has 2 unspecified atom stereocenters. The number of alkyl halides is 2. The smallest absolute Gasteiger partial charge is 0.416 e. The highest BCUT2D eigenvalue weighted by atomic mass is 19.3.